The maximum absolute atomic E-state index is 2.32. The van der Waals surface area contributed by atoms with E-state index in [0.717, 1.165) is 0 Å². The number of aryl methyl sites for hydroxylation is 1. The molecule has 4 rings (SSSR count). The molecule has 0 radical (unpaired) electrons. The first-order valence-electron chi connectivity index (χ1n) is 6.64. The molecule has 0 aromatic heterocycles. The predicted molar refractivity (Wildman–Crippen MR) is 82.1 cm³/mol. The van der Waals surface area contributed by atoms with E-state index in [4.69, 9.17) is 0 Å². The number of benzene rings is 3. The molecule has 3 aromatic carbocycles. The molecule has 0 nitrogen and oxygen atoms in total. The summed E-state index contributed by atoms with van der Waals surface area (Å²) in [6, 6.07) is 21.7. The molecular weight excluding hydrogens is 228 g/mol. The monoisotopic (exact) mass is 242 g/mol. The van der Waals surface area contributed by atoms with Gasteiger partial charge in [0.15, 0.2) is 0 Å². The molecule has 19 heavy (non-hydrogen) atoms. The minimum absolute atomic E-state index is 1.30. The summed E-state index contributed by atoms with van der Waals surface area (Å²) in [6.07, 6.45) is 2.32. The van der Waals surface area contributed by atoms with Crippen LogP contribution < -0.4 is 0 Å². The van der Waals surface area contributed by atoms with Crippen molar-refractivity contribution in [3.63, 3.8) is 0 Å². The summed E-state index contributed by atoms with van der Waals surface area (Å²) >= 11 is 0. The third kappa shape index (κ3) is 1.47. The van der Waals surface area contributed by atoms with Crippen molar-refractivity contribution >= 4 is 22.4 Å². The largest absolute Gasteiger partial charge is 0.0622 e. The smallest absolute Gasteiger partial charge is 0.00297 e. The molecule has 0 saturated heterocycles. The highest BCUT2D eigenvalue weighted by Gasteiger charge is 2.19. The Labute approximate surface area is 113 Å². The molecular formula is C19H14. The number of hydrogen-bond donors (Lipinski definition) is 0. The van der Waals surface area contributed by atoms with Crippen LogP contribution in [0.25, 0.3) is 22.4 Å². The molecule has 0 spiro atoms. The molecule has 0 unspecified atom stereocenters. The van der Waals surface area contributed by atoms with Crippen molar-refractivity contribution in [2.45, 2.75) is 6.92 Å². The van der Waals surface area contributed by atoms with Gasteiger partial charge >= 0.3 is 0 Å². The molecule has 0 N–H and O–H groups in total. The van der Waals surface area contributed by atoms with Gasteiger partial charge in [-0.25, -0.2) is 0 Å². The zero-order valence-corrected chi connectivity index (χ0v) is 10.9. The number of hydrogen-bond acceptors (Lipinski definition) is 0. The Morgan fingerprint density at radius 1 is 0.737 bits per heavy atom. The number of rotatable bonds is 1. The van der Waals surface area contributed by atoms with E-state index < -0.39 is 0 Å². The summed E-state index contributed by atoms with van der Waals surface area (Å²) in [4.78, 5) is 0. The zero-order chi connectivity index (χ0) is 12.8. The fourth-order valence-corrected chi connectivity index (χ4v) is 3.05. The Bertz CT molecular complexity index is 808. The van der Waals surface area contributed by atoms with Gasteiger partial charge in [-0.05, 0) is 51.6 Å². The van der Waals surface area contributed by atoms with E-state index in [2.05, 4.69) is 73.7 Å². The lowest BCUT2D eigenvalue weighted by Gasteiger charge is -2.10. The van der Waals surface area contributed by atoms with Crippen LogP contribution in [-0.4, -0.2) is 0 Å². The fraction of sp³-hybridized carbons (Fsp3) is 0.0526. The molecule has 0 heteroatoms. The highest BCUT2D eigenvalue weighted by atomic mass is 14.2. The van der Waals surface area contributed by atoms with Gasteiger partial charge in [0.25, 0.3) is 0 Å². The van der Waals surface area contributed by atoms with Crippen molar-refractivity contribution in [3.8, 4) is 0 Å². The molecule has 0 bridgehead atoms. The summed E-state index contributed by atoms with van der Waals surface area (Å²) in [6.45, 7) is 2.20. The van der Waals surface area contributed by atoms with Crippen molar-refractivity contribution in [2.75, 3.05) is 0 Å². The average molecular weight is 242 g/mol. The van der Waals surface area contributed by atoms with Crippen LogP contribution in [0, 0.1) is 6.92 Å². The van der Waals surface area contributed by atoms with E-state index >= 15 is 0 Å². The van der Waals surface area contributed by atoms with E-state index in [1.54, 1.807) is 0 Å². The van der Waals surface area contributed by atoms with Crippen LogP contribution >= 0.6 is 0 Å². The van der Waals surface area contributed by atoms with Crippen LogP contribution in [0.15, 0.2) is 60.7 Å². The molecule has 0 saturated carbocycles. The van der Waals surface area contributed by atoms with Gasteiger partial charge in [0.05, 0.1) is 0 Å². The summed E-state index contributed by atoms with van der Waals surface area (Å²) in [7, 11) is 0. The summed E-state index contributed by atoms with van der Waals surface area (Å²) in [5, 5.41) is 2.74. The van der Waals surface area contributed by atoms with Crippen molar-refractivity contribution in [1.82, 2.24) is 0 Å². The quantitative estimate of drug-likeness (QED) is 0.438. The maximum atomic E-state index is 2.32. The van der Waals surface area contributed by atoms with Crippen LogP contribution in [0.1, 0.15) is 22.3 Å². The van der Waals surface area contributed by atoms with Crippen LogP contribution in [0.4, 0.5) is 0 Å². The van der Waals surface area contributed by atoms with E-state index in [9.17, 15) is 0 Å². The minimum atomic E-state index is 1.30. The molecule has 0 heterocycles. The second kappa shape index (κ2) is 3.83. The predicted octanol–water partition coefficient (Wildman–Crippen LogP) is 5.05. The van der Waals surface area contributed by atoms with Gasteiger partial charge in [-0.1, -0.05) is 60.7 Å². The first kappa shape index (κ1) is 10.6. The fourth-order valence-electron chi connectivity index (χ4n) is 3.05. The highest BCUT2D eigenvalue weighted by molar-refractivity contribution is 6.13. The van der Waals surface area contributed by atoms with Gasteiger partial charge in [0, 0.05) is 0 Å². The highest BCUT2D eigenvalue weighted by Crippen LogP contribution is 2.41. The Balaban J connectivity index is 2.08. The summed E-state index contributed by atoms with van der Waals surface area (Å²) in [5.74, 6) is 0. The van der Waals surface area contributed by atoms with Crippen LogP contribution in [0.3, 0.4) is 0 Å². The van der Waals surface area contributed by atoms with Crippen LogP contribution in [-0.2, 0) is 0 Å². The summed E-state index contributed by atoms with van der Waals surface area (Å²) < 4.78 is 0. The van der Waals surface area contributed by atoms with Gasteiger partial charge in [-0.15, -0.1) is 0 Å². The van der Waals surface area contributed by atoms with Crippen molar-refractivity contribution in [2.24, 2.45) is 0 Å². The van der Waals surface area contributed by atoms with E-state index in [-0.39, 0.29) is 0 Å². The molecule has 90 valence electrons. The second-order valence-electron chi connectivity index (χ2n) is 5.13. The standard InChI is InChI=1S/C19H14/c1-13-10-11-15-8-5-9-16-12-17(18(13)19(15)16)14-6-3-2-4-7-14/h2-12H,1H3. The molecule has 1 aliphatic rings. The molecule has 0 atom stereocenters. The van der Waals surface area contributed by atoms with E-state index in [1.165, 1.54) is 38.6 Å². The third-order valence-corrected chi connectivity index (χ3v) is 3.94. The third-order valence-electron chi connectivity index (χ3n) is 3.94. The Morgan fingerprint density at radius 3 is 2.42 bits per heavy atom. The molecule has 0 fully saturated rings. The van der Waals surface area contributed by atoms with Gasteiger partial charge in [0.2, 0.25) is 0 Å². The molecule has 0 amide bonds. The lowest BCUT2D eigenvalue weighted by molar-refractivity contribution is 1.46. The zero-order valence-electron chi connectivity index (χ0n) is 10.9. The normalized spacial score (nSPS) is 12.8. The van der Waals surface area contributed by atoms with Crippen LogP contribution in [0.5, 0.6) is 0 Å². The topological polar surface area (TPSA) is 0 Å². The van der Waals surface area contributed by atoms with Crippen molar-refractivity contribution in [3.05, 3.63) is 82.9 Å². The van der Waals surface area contributed by atoms with Gasteiger partial charge in [-0.2, -0.15) is 0 Å². The Morgan fingerprint density at radius 2 is 1.58 bits per heavy atom. The van der Waals surface area contributed by atoms with Crippen molar-refractivity contribution in [1.29, 1.82) is 0 Å². The Kier molecular flexibility index (Phi) is 2.13. The summed E-state index contributed by atoms with van der Waals surface area (Å²) in [5.41, 5.74) is 6.75. The lowest BCUT2D eigenvalue weighted by atomic mass is 9.94. The maximum Gasteiger partial charge on any atom is -0.00297 e. The van der Waals surface area contributed by atoms with Crippen molar-refractivity contribution < 1.29 is 0 Å². The van der Waals surface area contributed by atoms with E-state index in [0.29, 0.717) is 0 Å². The lowest BCUT2D eigenvalue weighted by Crippen LogP contribution is -1.89. The van der Waals surface area contributed by atoms with E-state index in [1.807, 2.05) is 0 Å². The molecule has 0 aliphatic heterocycles. The van der Waals surface area contributed by atoms with Gasteiger partial charge in [-0.3, -0.25) is 0 Å². The first-order valence-corrected chi connectivity index (χ1v) is 6.64. The second-order valence-corrected chi connectivity index (χ2v) is 5.13. The molecule has 1 aliphatic carbocycles. The SMILES string of the molecule is Cc1ccc2cccc3c2c1C(c1ccccc1)=C3. The van der Waals surface area contributed by atoms with Gasteiger partial charge in [0.1, 0.15) is 0 Å². The van der Waals surface area contributed by atoms with Gasteiger partial charge < -0.3 is 0 Å². The average Bonchev–Trinajstić information content (AvgIpc) is 2.85. The Hall–Kier alpha value is -2.34. The van der Waals surface area contributed by atoms with Crippen LogP contribution in [0.2, 0.25) is 0 Å². The minimum Gasteiger partial charge on any atom is -0.0622 e. The molecule has 3 aromatic rings. The first-order chi connectivity index (χ1) is 9.34.